The molecule has 0 aromatic heterocycles. The maximum Gasteiger partial charge on any atom is 0.263 e. The molecule has 2 aliphatic carbocycles. The van der Waals surface area contributed by atoms with Crippen LogP contribution in [0.4, 0.5) is 0 Å². The molecular formula is C12H17N3O2. The lowest BCUT2D eigenvalue weighted by molar-refractivity contribution is -0.141. The molecule has 0 radical (unpaired) electrons. The lowest BCUT2D eigenvalue weighted by Gasteiger charge is -2.30. The van der Waals surface area contributed by atoms with Crippen molar-refractivity contribution in [2.24, 2.45) is 22.1 Å². The van der Waals surface area contributed by atoms with E-state index in [1.54, 1.807) is 0 Å². The zero-order valence-corrected chi connectivity index (χ0v) is 9.74. The fraction of sp³-hybridized carbons (Fsp3) is 0.750. The van der Waals surface area contributed by atoms with Crippen molar-refractivity contribution in [1.29, 1.82) is 0 Å². The van der Waals surface area contributed by atoms with E-state index < -0.39 is 5.41 Å². The number of amides is 2. The van der Waals surface area contributed by atoms with Gasteiger partial charge in [0.2, 0.25) is 5.91 Å². The summed E-state index contributed by atoms with van der Waals surface area (Å²) in [5.74, 6) is 0.324. The van der Waals surface area contributed by atoms with E-state index >= 15 is 0 Å². The van der Waals surface area contributed by atoms with Crippen molar-refractivity contribution in [3.63, 3.8) is 0 Å². The highest BCUT2D eigenvalue weighted by Crippen LogP contribution is 2.41. The summed E-state index contributed by atoms with van der Waals surface area (Å²) in [7, 11) is 0. The summed E-state index contributed by atoms with van der Waals surface area (Å²) in [6.07, 6.45) is 5.25. The number of carbonyl (C=O) groups excluding carboxylic acids is 2. The van der Waals surface area contributed by atoms with Crippen LogP contribution in [0, 0.1) is 11.3 Å². The molecule has 1 aliphatic heterocycles. The Balaban J connectivity index is 1.86. The summed E-state index contributed by atoms with van der Waals surface area (Å²) in [5.41, 5.74) is 5.10. The summed E-state index contributed by atoms with van der Waals surface area (Å²) >= 11 is 0. The predicted molar refractivity (Wildman–Crippen MR) is 62.2 cm³/mol. The summed E-state index contributed by atoms with van der Waals surface area (Å²) in [5, 5.41) is 2.77. The van der Waals surface area contributed by atoms with Gasteiger partial charge in [-0.05, 0) is 31.6 Å². The molecule has 1 atom stereocenters. The Morgan fingerprint density at radius 2 is 1.94 bits per heavy atom. The topological polar surface area (TPSA) is 84.5 Å². The van der Waals surface area contributed by atoms with E-state index in [0.29, 0.717) is 24.6 Å². The molecule has 1 spiro atoms. The van der Waals surface area contributed by atoms with E-state index in [4.69, 9.17) is 5.73 Å². The summed E-state index contributed by atoms with van der Waals surface area (Å²) in [4.78, 5) is 28.3. The van der Waals surface area contributed by atoms with Gasteiger partial charge in [-0.3, -0.25) is 9.59 Å². The van der Waals surface area contributed by atoms with Crippen molar-refractivity contribution in [3.05, 3.63) is 0 Å². The van der Waals surface area contributed by atoms with Gasteiger partial charge in [0.25, 0.3) is 5.91 Å². The maximum atomic E-state index is 12.1. The second-order valence-electron chi connectivity index (χ2n) is 5.41. The second-order valence-corrected chi connectivity index (χ2v) is 5.41. The number of carbonyl (C=O) groups is 2. The average Bonchev–Trinajstić information content (AvgIpc) is 3.03. The van der Waals surface area contributed by atoms with Gasteiger partial charge in [0.15, 0.2) is 0 Å². The van der Waals surface area contributed by atoms with Crippen LogP contribution in [0.1, 0.15) is 38.5 Å². The quantitative estimate of drug-likeness (QED) is 0.677. The molecule has 0 aromatic rings. The van der Waals surface area contributed by atoms with Crippen molar-refractivity contribution in [2.45, 2.75) is 44.6 Å². The molecule has 0 bridgehead atoms. The molecule has 2 fully saturated rings. The largest absolute Gasteiger partial charge is 0.321 e. The SMILES string of the molecule is NC(C1=NC(=O)C2(CCCC2)C(=O)N1)C1CC1. The van der Waals surface area contributed by atoms with Crippen LogP contribution in [0.15, 0.2) is 4.99 Å². The Morgan fingerprint density at radius 1 is 1.29 bits per heavy atom. The molecular weight excluding hydrogens is 218 g/mol. The van der Waals surface area contributed by atoms with Crippen LogP contribution in [0.3, 0.4) is 0 Å². The van der Waals surface area contributed by atoms with Crippen LogP contribution in [-0.4, -0.2) is 23.7 Å². The number of nitrogens with two attached hydrogens (primary N) is 1. The highest BCUT2D eigenvalue weighted by molar-refractivity contribution is 6.20. The molecule has 5 nitrogen and oxygen atoms in total. The van der Waals surface area contributed by atoms with E-state index in [0.717, 1.165) is 25.7 Å². The first-order valence-electron chi connectivity index (χ1n) is 6.33. The maximum absolute atomic E-state index is 12.1. The number of nitrogens with one attached hydrogen (secondary N) is 1. The van der Waals surface area contributed by atoms with Crippen LogP contribution in [0.5, 0.6) is 0 Å². The van der Waals surface area contributed by atoms with Crippen LogP contribution < -0.4 is 11.1 Å². The van der Waals surface area contributed by atoms with Crippen molar-refractivity contribution >= 4 is 17.6 Å². The zero-order valence-electron chi connectivity index (χ0n) is 9.74. The molecule has 3 rings (SSSR count). The van der Waals surface area contributed by atoms with E-state index in [2.05, 4.69) is 10.3 Å². The fourth-order valence-corrected chi connectivity index (χ4v) is 2.83. The van der Waals surface area contributed by atoms with Crippen molar-refractivity contribution in [2.75, 3.05) is 0 Å². The molecule has 1 heterocycles. The standard InChI is InChI=1S/C12H17N3O2/c13-8(7-3-4-7)9-14-10(16)12(11(17)15-9)5-1-2-6-12/h7-8H,1-6,13H2,(H,14,15,16,17). The lowest BCUT2D eigenvalue weighted by atomic mass is 9.83. The number of hydrogen-bond donors (Lipinski definition) is 2. The van der Waals surface area contributed by atoms with Crippen molar-refractivity contribution in [3.8, 4) is 0 Å². The minimum Gasteiger partial charge on any atom is -0.321 e. The molecule has 2 saturated carbocycles. The Kier molecular flexibility index (Phi) is 2.33. The van der Waals surface area contributed by atoms with E-state index in [1.807, 2.05) is 0 Å². The smallest absolute Gasteiger partial charge is 0.263 e. The molecule has 3 N–H and O–H groups in total. The highest BCUT2D eigenvalue weighted by atomic mass is 16.2. The van der Waals surface area contributed by atoms with Gasteiger partial charge >= 0.3 is 0 Å². The molecule has 0 aromatic carbocycles. The Labute approximate surface area is 99.8 Å². The van der Waals surface area contributed by atoms with E-state index in [9.17, 15) is 9.59 Å². The van der Waals surface area contributed by atoms with Gasteiger partial charge in [0.1, 0.15) is 11.3 Å². The first kappa shape index (κ1) is 10.9. The number of aliphatic imine (C=N–C) groups is 1. The number of nitrogens with zero attached hydrogens (tertiary/aromatic N) is 1. The van der Waals surface area contributed by atoms with Crippen LogP contribution in [0.25, 0.3) is 0 Å². The monoisotopic (exact) mass is 235 g/mol. The minimum absolute atomic E-state index is 0.180. The predicted octanol–water partition coefficient (Wildman–Crippen LogP) is 0.339. The molecule has 92 valence electrons. The number of rotatable bonds is 2. The average molecular weight is 235 g/mol. The molecule has 5 heteroatoms. The van der Waals surface area contributed by atoms with Gasteiger partial charge < -0.3 is 11.1 Å². The molecule has 17 heavy (non-hydrogen) atoms. The first-order chi connectivity index (χ1) is 8.13. The Morgan fingerprint density at radius 3 is 2.47 bits per heavy atom. The lowest BCUT2D eigenvalue weighted by Crippen LogP contribution is -2.56. The van der Waals surface area contributed by atoms with Gasteiger partial charge in [-0.2, -0.15) is 4.99 Å². The van der Waals surface area contributed by atoms with Crippen molar-refractivity contribution in [1.82, 2.24) is 5.32 Å². The Hall–Kier alpha value is -1.23. The van der Waals surface area contributed by atoms with Gasteiger partial charge in [0.05, 0.1) is 6.04 Å². The summed E-state index contributed by atoms with van der Waals surface area (Å²) in [6, 6.07) is -0.276. The van der Waals surface area contributed by atoms with E-state index in [1.165, 1.54) is 0 Å². The van der Waals surface area contributed by atoms with Gasteiger partial charge in [0, 0.05) is 0 Å². The normalized spacial score (nSPS) is 29.1. The molecule has 3 aliphatic rings. The zero-order chi connectivity index (χ0) is 12.0. The summed E-state index contributed by atoms with van der Waals surface area (Å²) < 4.78 is 0. The number of amidine groups is 1. The molecule has 1 unspecified atom stereocenters. The van der Waals surface area contributed by atoms with Gasteiger partial charge in [-0.25, -0.2) is 0 Å². The highest BCUT2D eigenvalue weighted by Gasteiger charge is 2.51. The molecule has 2 amide bonds. The first-order valence-corrected chi connectivity index (χ1v) is 6.33. The third-order valence-corrected chi connectivity index (χ3v) is 4.21. The minimum atomic E-state index is -0.868. The van der Waals surface area contributed by atoms with E-state index in [-0.39, 0.29) is 17.9 Å². The number of hydrogen-bond acceptors (Lipinski definition) is 3. The third kappa shape index (κ3) is 1.60. The second kappa shape index (κ2) is 3.63. The third-order valence-electron chi connectivity index (χ3n) is 4.21. The van der Waals surface area contributed by atoms with Gasteiger partial charge in [-0.1, -0.05) is 12.8 Å². The Bertz CT molecular complexity index is 406. The fourth-order valence-electron chi connectivity index (χ4n) is 2.83. The van der Waals surface area contributed by atoms with Crippen LogP contribution >= 0.6 is 0 Å². The van der Waals surface area contributed by atoms with Gasteiger partial charge in [-0.15, -0.1) is 0 Å². The van der Waals surface area contributed by atoms with Crippen molar-refractivity contribution < 1.29 is 9.59 Å². The summed E-state index contributed by atoms with van der Waals surface area (Å²) in [6.45, 7) is 0. The molecule has 0 saturated heterocycles. The van der Waals surface area contributed by atoms with Crippen LogP contribution in [-0.2, 0) is 9.59 Å². The van der Waals surface area contributed by atoms with Crippen LogP contribution in [0.2, 0.25) is 0 Å².